The summed E-state index contributed by atoms with van der Waals surface area (Å²) in [5.41, 5.74) is 0. The lowest BCUT2D eigenvalue weighted by atomic mass is 10.1. The van der Waals surface area contributed by atoms with Crippen LogP contribution in [0.2, 0.25) is 0 Å². The lowest BCUT2D eigenvalue weighted by molar-refractivity contribution is 0.548. The number of rotatable bonds is 12. The minimum absolute atomic E-state index is 0.841. The van der Waals surface area contributed by atoms with E-state index in [0.29, 0.717) is 0 Å². The first-order valence-corrected chi connectivity index (χ1v) is 9.54. The van der Waals surface area contributed by atoms with E-state index in [0.717, 1.165) is 1.93 Å². The summed E-state index contributed by atoms with van der Waals surface area (Å²) in [7, 11) is 0. The van der Waals surface area contributed by atoms with Crippen LogP contribution in [0.1, 0.15) is 84.0 Å². The van der Waals surface area contributed by atoms with Crippen molar-refractivity contribution in [2.24, 2.45) is 0 Å². The Kier molecular flexibility index (Phi) is 15.8. The Morgan fingerprint density at radius 1 is 0.625 bits per heavy atom. The standard InChI is InChI=1S/C14H28I2/c1-2-3-4-5-6-7-8-9-10-11-12-13-14(15)16/h14H,2-13H2,1H3. The molecule has 0 radical (unpaired) electrons. The summed E-state index contributed by atoms with van der Waals surface area (Å²) in [5, 5.41) is 0. The number of unbranched alkanes of at least 4 members (excludes halogenated alkanes) is 10. The molecule has 98 valence electrons. The van der Waals surface area contributed by atoms with E-state index >= 15 is 0 Å². The van der Waals surface area contributed by atoms with Gasteiger partial charge in [0.05, 0.1) is 1.93 Å². The van der Waals surface area contributed by atoms with Crippen LogP contribution in [-0.4, -0.2) is 1.93 Å². The summed E-state index contributed by atoms with van der Waals surface area (Å²) < 4.78 is 0.841. The van der Waals surface area contributed by atoms with E-state index in [9.17, 15) is 0 Å². The van der Waals surface area contributed by atoms with Crippen molar-refractivity contribution in [1.29, 1.82) is 0 Å². The first kappa shape index (κ1) is 17.5. The molecule has 0 saturated heterocycles. The first-order valence-electron chi connectivity index (χ1n) is 7.05. The van der Waals surface area contributed by atoms with Gasteiger partial charge in [0, 0.05) is 0 Å². The van der Waals surface area contributed by atoms with E-state index in [2.05, 4.69) is 52.1 Å². The molecular weight excluding hydrogens is 422 g/mol. The van der Waals surface area contributed by atoms with E-state index in [4.69, 9.17) is 0 Å². The SMILES string of the molecule is CCCCCCCCCCCCCC(I)I. The topological polar surface area (TPSA) is 0 Å². The van der Waals surface area contributed by atoms with Gasteiger partial charge >= 0.3 is 0 Å². The summed E-state index contributed by atoms with van der Waals surface area (Å²) in [6.45, 7) is 2.29. The Labute approximate surface area is 130 Å². The molecule has 2 heteroatoms. The van der Waals surface area contributed by atoms with Crippen molar-refractivity contribution < 1.29 is 0 Å². The zero-order valence-corrected chi connectivity index (χ0v) is 15.1. The third kappa shape index (κ3) is 15.5. The van der Waals surface area contributed by atoms with E-state index in [1.54, 1.807) is 0 Å². The monoisotopic (exact) mass is 450 g/mol. The van der Waals surface area contributed by atoms with Crippen molar-refractivity contribution in [3.05, 3.63) is 0 Å². The van der Waals surface area contributed by atoms with Gasteiger partial charge in [-0.3, -0.25) is 0 Å². The molecule has 0 aliphatic heterocycles. The van der Waals surface area contributed by atoms with Gasteiger partial charge in [0.1, 0.15) is 0 Å². The van der Waals surface area contributed by atoms with Crippen molar-refractivity contribution in [3.63, 3.8) is 0 Å². The van der Waals surface area contributed by atoms with Crippen LogP contribution in [0, 0.1) is 0 Å². The lowest BCUT2D eigenvalue weighted by Gasteiger charge is -2.03. The molecule has 0 rings (SSSR count). The second-order valence-corrected chi connectivity index (χ2v) is 10.1. The molecule has 0 fully saturated rings. The minimum atomic E-state index is 0.841. The Morgan fingerprint density at radius 2 is 1.00 bits per heavy atom. The average Bonchev–Trinajstić information content (AvgIpc) is 2.25. The zero-order valence-electron chi connectivity index (χ0n) is 10.8. The molecule has 0 aliphatic carbocycles. The van der Waals surface area contributed by atoms with Crippen LogP contribution in [0.5, 0.6) is 0 Å². The van der Waals surface area contributed by atoms with Crippen LogP contribution in [0.15, 0.2) is 0 Å². The van der Waals surface area contributed by atoms with Gasteiger partial charge in [0.2, 0.25) is 0 Å². The molecule has 0 aromatic heterocycles. The van der Waals surface area contributed by atoms with Crippen LogP contribution in [-0.2, 0) is 0 Å². The van der Waals surface area contributed by atoms with Gasteiger partial charge in [-0.15, -0.1) is 0 Å². The summed E-state index contributed by atoms with van der Waals surface area (Å²) in [6, 6.07) is 0. The normalized spacial score (nSPS) is 11.2. The molecule has 0 spiro atoms. The van der Waals surface area contributed by atoms with E-state index < -0.39 is 0 Å². The quantitative estimate of drug-likeness (QED) is 0.173. The van der Waals surface area contributed by atoms with Gasteiger partial charge in [0.15, 0.2) is 0 Å². The molecule has 0 saturated carbocycles. The summed E-state index contributed by atoms with van der Waals surface area (Å²) in [5.74, 6) is 0. The van der Waals surface area contributed by atoms with E-state index in [-0.39, 0.29) is 0 Å². The molecule has 0 unspecified atom stereocenters. The maximum Gasteiger partial charge on any atom is 0.0626 e. The Hall–Kier alpha value is 1.46. The fourth-order valence-electron chi connectivity index (χ4n) is 1.96. The summed E-state index contributed by atoms with van der Waals surface area (Å²) >= 11 is 5.04. The highest BCUT2D eigenvalue weighted by Gasteiger charge is 1.97. The molecule has 0 nitrogen and oxygen atoms in total. The van der Waals surface area contributed by atoms with E-state index in [1.807, 2.05) is 0 Å². The Bertz CT molecular complexity index is 124. The summed E-state index contributed by atoms with van der Waals surface area (Å²) in [6.07, 6.45) is 17.4. The highest BCUT2D eigenvalue weighted by atomic mass is 127. The van der Waals surface area contributed by atoms with Gasteiger partial charge < -0.3 is 0 Å². The van der Waals surface area contributed by atoms with Gasteiger partial charge in [-0.05, 0) is 6.42 Å². The number of alkyl halides is 2. The predicted molar refractivity (Wildman–Crippen MR) is 92.9 cm³/mol. The molecule has 0 aromatic carbocycles. The van der Waals surface area contributed by atoms with Crippen molar-refractivity contribution in [2.75, 3.05) is 0 Å². The predicted octanol–water partition coefficient (Wildman–Crippen LogP) is 6.88. The highest BCUT2D eigenvalue weighted by molar-refractivity contribution is 14.2. The fourth-order valence-corrected chi connectivity index (χ4v) is 2.84. The zero-order chi connectivity index (χ0) is 12.1. The van der Waals surface area contributed by atoms with E-state index in [1.165, 1.54) is 77.0 Å². The van der Waals surface area contributed by atoms with Gasteiger partial charge in [-0.25, -0.2) is 0 Å². The molecule has 0 bridgehead atoms. The maximum absolute atomic E-state index is 2.52. The Morgan fingerprint density at radius 3 is 1.38 bits per heavy atom. The molecule has 16 heavy (non-hydrogen) atoms. The highest BCUT2D eigenvalue weighted by Crippen LogP contribution is 2.18. The molecule has 0 atom stereocenters. The van der Waals surface area contributed by atoms with Crippen LogP contribution in [0.4, 0.5) is 0 Å². The third-order valence-corrected chi connectivity index (χ3v) is 4.27. The molecule has 0 N–H and O–H groups in total. The van der Waals surface area contributed by atoms with Crippen LogP contribution in [0.25, 0.3) is 0 Å². The fraction of sp³-hybridized carbons (Fsp3) is 1.00. The number of hydrogen-bond donors (Lipinski definition) is 0. The first-order chi connectivity index (χ1) is 7.77. The summed E-state index contributed by atoms with van der Waals surface area (Å²) in [4.78, 5) is 0. The van der Waals surface area contributed by atoms with Crippen molar-refractivity contribution in [1.82, 2.24) is 0 Å². The van der Waals surface area contributed by atoms with Crippen molar-refractivity contribution in [2.45, 2.75) is 85.9 Å². The Balaban J connectivity index is 2.88. The van der Waals surface area contributed by atoms with Gasteiger partial charge in [0.25, 0.3) is 0 Å². The smallest absolute Gasteiger partial charge is 0.0626 e. The molecular formula is C14H28I2. The molecule has 0 aromatic rings. The minimum Gasteiger partial charge on any atom is -0.0710 e. The molecule has 0 heterocycles. The second kappa shape index (κ2) is 14.5. The average molecular weight is 450 g/mol. The van der Waals surface area contributed by atoms with Crippen LogP contribution >= 0.6 is 45.2 Å². The van der Waals surface area contributed by atoms with Crippen LogP contribution < -0.4 is 0 Å². The third-order valence-electron chi connectivity index (χ3n) is 3.03. The second-order valence-electron chi connectivity index (χ2n) is 4.72. The number of hydrogen-bond acceptors (Lipinski definition) is 0. The van der Waals surface area contributed by atoms with Gasteiger partial charge in [-0.2, -0.15) is 0 Å². The van der Waals surface area contributed by atoms with Crippen molar-refractivity contribution >= 4 is 45.2 Å². The molecule has 0 aliphatic rings. The number of halogens is 2. The molecule has 0 amide bonds. The van der Waals surface area contributed by atoms with Crippen LogP contribution in [0.3, 0.4) is 0 Å². The largest absolute Gasteiger partial charge is 0.0710 e. The maximum atomic E-state index is 2.52. The lowest BCUT2D eigenvalue weighted by Crippen LogP contribution is -1.86. The van der Waals surface area contributed by atoms with Gasteiger partial charge in [-0.1, -0.05) is 123 Å². The van der Waals surface area contributed by atoms with Crippen molar-refractivity contribution in [3.8, 4) is 0 Å².